The Morgan fingerprint density at radius 3 is 2.27 bits per heavy atom. The Kier molecular flexibility index (Phi) is 6.73. The van der Waals surface area contributed by atoms with Crippen LogP contribution < -0.4 is 5.32 Å². The molecule has 0 spiro atoms. The van der Waals surface area contributed by atoms with Crippen LogP contribution in [-0.2, 0) is 0 Å². The lowest BCUT2D eigenvalue weighted by molar-refractivity contribution is 0.0716. The number of nitrogens with zero attached hydrogens (tertiary/aromatic N) is 3. The summed E-state index contributed by atoms with van der Waals surface area (Å²) < 4.78 is 14.0. The molecule has 3 aromatic rings. The molecule has 0 unspecified atom stereocenters. The highest BCUT2D eigenvalue weighted by Gasteiger charge is 2.25. The van der Waals surface area contributed by atoms with E-state index in [4.69, 9.17) is 0 Å². The molecule has 1 saturated heterocycles. The smallest absolute Gasteiger partial charge is 0.257 e. The summed E-state index contributed by atoms with van der Waals surface area (Å²) in [6.45, 7) is 1.58. The molecule has 0 aliphatic carbocycles. The quantitative estimate of drug-likeness (QED) is 0.666. The second-order valence-electron chi connectivity index (χ2n) is 7.69. The number of nitrogens with one attached hydrogen (secondary N) is 1. The maximum Gasteiger partial charge on any atom is 0.257 e. The highest BCUT2D eigenvalue weighted by atomic mass is 19.1. The first-order chi connectivity index (χ1) is 16.0. The molecule has 2 heterocycles. The SMILES string of the molecule is O=C(Nc1cccc(C(=O)N2CCCN(C(=O)c3ccccc3F)CC2)c1)c1cccnc1. The molecule has 168 valence electrons. The number of benzene rings is 2. The van der Waals surface area contributed by atoms with Crippen LogP contribution in [0.25, 0.3) is 0 Å². The fraction of sp³-hybridized carbons (Fsp3) is 0.200. The van der Waals surface area contributed by atoms with Crippen molar-refractivity contribution in [2.75, 3.05) is 31.5 Å². The van der Waals surface area contributed by atoms with Crippen LogP contribution in [0.1, 0.15) is 37.5 Å². The van der Waals surface area contributed by atoms with Gasteiger partial charge in [-0.15, -0.1) is 0 Å². The number of hydrogen-bond acceptors (Lipinski definition) is 4. The van der Waals surface area contributed by atoms with Crippen LogP contribution in [-0.4, -0.2) is 58.7 Å². The third kappa shape index (κ3) is 5.23. The van der Waals surface area contributed by atoms with Crippen molar-refractivity contribution < 1.29 is 18.8 Å². The van der Waals surface area contributed by atoms with E-state index < -0.39 is 5.82 Å². The maximum absolute atomic E-state index is 14.0. The van der Waals surface area contributed by atoms with Crippen molar-refractivity contribution in [2.45, 2.75) is 6.42 Å². The third-order valence-electron chi connectivity index (χ3n) is 5.47. The molecule has 0 radical (unpaired) electrons. The summed E-state index contributed by atoms with van der Waals surface area (Å²) >= 11 is 0. The molecule has 0 atom stereocenters. The van der Waals surface area contributed by atoms with Crippen molar-refractivity contribution in [2.24, 2.45) is 0 Å². The Morgan fingerprint density at radius 2 is 1.55 bits per heavy atom. The number of anilines is 1. The molecule has 33 heavy (non-hydrogen) atoms. The first-order valence-electron chi connectivity index (χ1n) is 10.7. The molecule has 4 rings (SSSR count). The number of carbonyl (C=O) groups is 3. The van der Waals surface area contributed by atoms with Gasteiger partial charge < -0.3 is 15.1 Å². The second-order valence-corrected chi connectivity index (χ2v) is 7.69. The van der Waals surface area contributed by atoms with Crippen LogP contribution in [0.2, 0.25) is 0 Å². The highest BCUT2D eigenvalue weighted by molar-refractivity contribution is 6.05. The average molecular weight is 446 g/mol. The summed E-state index contributed by atoms with van der Waals surface area (Å²) in [5, 5.41) is 2.78. The summed E-state index contributed by atoms with van der Waals surface area (Å²) in [4.78, 5) is 45.4. The van der Waals surface area contributed by atoms with Crippen molar-refractivity contribution in [3.63, 3.8) is 0 Å². The van der Waals surface area contributed by atoms with E-state index in [1.807, 2.05) is 0 Å². The second kappa shape index (κ2) is 10.0. The summed E-state index contributed by atoms with van der Waals surface area (Å²) in [5.74, 6) is -1.43. The van der Waals surface area contributed by atoms with Gasteiger partial charge in [0.25, 0.3) is 17.7 Å². The number of amides is 3. The number of carbonyl (C=O) groups excluding carboxylic acids is 3. The highest BCUT2D eigenvalue weighted by Crippen LogP contribution is 2.17. The lowest BCUT2D eigenvalue weighted by atomic mass is 10.1. The van der Waals surface area contributed by atoms with E-state index >= 15 is 0 Å². The molecule has 8 heteroatoms. The number of halogens is 1. The minimum absolute atomic E-state index is 0.0364. The van der Waals surface area contributed by atoms with Gasteiger partial charge in [0.05, 0.1) is 11.1 Å². The molecule has 7 nitrogen and oxygen atoms in total. The molecule has 0 saturated carbocycles. The van der Waals surface area contributed by atoms with Crippen molar-refractivity contribution in [3.8, 4) is 0 Å². The topological polar surface area (TPSA) is 82.6 Å². The monoisotopic (exact) mass is 446 g/mol. The lowest BCUT2D eigenvalue weighted by Gasteiger charge is -2.22. The molecule has 1 fully saturated rings. The van der Waals surface area contributed by atoms with Crippen LogP contribution in [0, 0.1) is 5.82 Å². The Bertz CT molecular complexity index is 1170. The molecule has 1 N–H and O–H groups in total. The average Bonchev–Trinajstić information content (AvgIpc) is 3.10. The fourth-order valence-electron chi connectivity index (χ4n) is 3.74. The summed E-state index contributed by atoms with van der Waals surface area (Å²) in [5.41, 5.74) is 1.39. The van der Waals surface area contributed by atoms with E-state index in [9.17, 15) is 18.8 Å². The third-order valence-corrected chi connectivity index (χ3v) is 5.47. The van der Waals surface area contributed by atoms with Crippen LogP contribution in [0.5, 0.6) is 0 Å². The van der Waals surface area contributed by atoms with Crippen molar-refractivity contribution >= 4 is 23.4 Å². The van der Waals surface area contributed by atoms with Crippen molar-refractivity contribution in [1.82, 2.24) is 14.8 Å². The Labute approximate surface area is 190 Å². The van der Waals surface area contributed by atoms with Gasteiger partial charge in [-0.3, -0.25) is 19.4 Å². The van der Waals surface area contributed by atoms with Gasteiger partial charge in [0.1, 0.15) is 5.82 Å². The summed E-state index contributed by atoms with van der Waals surface area (Å²) in [7, 11) is 0. The largest absolute Gasteiger partial charge is 0.337 e. The molecule has 3 amide bonds. The zero-order valence-electron chi connectivity index (χ0n) is 17.9. The van der Waals surface area contributed by atoms with Crippen molar-refractivity contribution in [3.05, 3.63) is 95.6 Å². The van der Waals surface area contributed by atoms with Gasteiger partial charge in [0, 0.05) is 49.8 Å². The minimum Gasteiger partial charge on any atom is -0.337 e. The Balaban J connectivity index is 1.41. The van der Waals surface area contributed by atoms with Gasteiger partial charge in [0.2, 0.25) is 0 Å². The Hall–Kier alpha value is -4.07. The number of rotatable bonds is 4. The fourth-order valence-corrected chi connectivity index (χ4v) is 3.74. The number of pyridine rings is 1. The van der Waals surface area contributed by atoms with Crippen LogP contribution >= 0.6 is 0 Å². The first-order valence-corrected chi connectivity index (χ1v) is 10.7. The number of hydrogen-bond donors (Lipinski definition) is 1. The van der Waals surface area contributed by atoms with Gasteiger partial charge in [-0.2, -0.15) is 0 Å². The lowest BCUT2D eigenvalue weighted by Crippen LogP contribution is -2.37. The van der Waals surface area contributed by atoms with Crippen LogP contribution in [0.3, 0.4) is 0 Å². The molecular weight excluding hydrogens is 423 g/mol. The predicted molar refractivity (Wildman–Crippen MR) is 121 cm³/mol. The van der Waals surface area contributed by atoms with E-state index in [2.05, 4.69) is 10.3 Å². The zero-order valence-corrected chi connectivity index (χ0v) is 17.9. The van der Waals surface area contributed by atoms with E-state index in [-0.39, 0.29) is 23.3 Å². The summed E-state index contributed by atoms with van der Waals surface area (Å²) in [6, 6.07) is 16.0. The first kappa shape index (κ1) is 22.1. The van der Waals surface area contributed by atoms with Gasteiger partial charge in [-0.25, -0.2) is 4.39 Å². The molecular formula is C25H23FN4O3. The molecule has 0 bridgehead atoms. The maximum atomic E-state index is 14.0. The standard InChI is InChI=1S/C25H23FN4O3/c26-22-10-2-1-9-21(22)25(33)30-13-5-12-29(14-15-30)24(32)18-6-3-8-20(16-18)28-23(31)19-7-4-11-27-17-19/h1-4,6-11,16-17H,5,12-15H2,(H,28,31). The van der Waals surface area contributed by atoms with Gasteiger partial charge in [0.15, 0.2) is 0 Å². The molecule has 1 aliphatic heterocycles. The molecule has 1 aromatic heterocycles. The van der Waals surface area contributed by atoms with E-state index in [0.717, 1.165) is 0 Å². The number of aromatic nitrogens is 1. The van der Waals surface area contributed by atoms with Gasteiger partial charge >= 0.3 is 0 Å². The van der Waals surface area contributed by atoms with E-state index in [0.29, 0.717) is 49.4 Å². The normalized spacial score (nSPS) is 13.8. The Morgan fingerprint density at radius 1 is 0.818 bits per heavy atom. The summed E-state index contributed by atoms with van der Waals surface area (Å²) in [6.07, 6.45) is 3.64. The van der Waals surface area contributed by atoms with E-state index in [1.165, 1.54) is 18.3 Å². The molecule has 1 aliphatic rings. The van der Waals surface area contributed by atoms with Gasteiger partial charge in [-0.1, -0.05) is 18.2 Å². The van der Waals surface area contributed by atoms with Crippen molar-refractivity contribution in [1.29, 1.82) is 0 Å². The minimum atomic E-state index is -0.551. The predicted octanol–water partition coefficient (Wildman–Crippen LogP) is 3.46. The zero-order chi connectivity index (χ0) is 23.2. The van der Waals surface area contributed by atoms with Crippen LogP contribution in [0.15, 0.2) is 73.1 Å². The van der Waals surface area contributed by atoms with E-state index in [1.54, 1.807) is 64.5 Å². The molecule has 2 aromatic carbocycles. The van der Waals surface area contributed by atoms with Crippen LogP contribution in [0.4, 0.5) is 10.1 Å². The van der Waals surface area contributed by atoms with Gasteiger partial charge in [-0.05, 0) is 48.9 Å².